The number of hydrogen-bond acceptors (Lipinski definition) is 4. The Bertz CT molecular complexity index is 1220. The molecule has 0 unspecified atom stereocenters. The Morgan fingerprint density at radius 2 is 1.94 bits per heavy atom. The smallest absolute Gasteiger partial charge is 0.355 e. The maximum Gasteiger partial charge on any atom is 0.405 e. The van der Waals surface area contributed by atoms with Gasteiger partial charge in [0.1, 0.15) is 13.1 Å². The van der Waals surface area contributed by atoms with Gasteiger partial charge >= 0.3 is 6.18 Å². The van der Waals surface area contributed by atoms with Crippen LogP contribution in [0.2, 0.25) is 0 Å². The highest BCUT2D eigenvalue weighted by Gasteiger charge is 2.45. The number of aromatic nitrogens is 2. The number of alkyl halides is 3. The van der Waals surface area contributed by atoms with Crippen molar-refractivity contribution in [1.29, 1.82) is 0 Å². The second-order valence-electron chi connectivity index (χ2n) is 8.24. The van der Waals surface area contributed by atoms with Gasteiger partial charge in [0.05, 0.1) is 28.5 Å². The first-order chi connectivity index (χ1) is 15.0. The third-order valence-electron chi connectivity index (χ3n) is 5.67. The van der Waals surface area contributed by atoms with E-state index >= 15 is 0 Å². The van der Waals surface area contributed by atoms with Crippen LogP contribution >= 0.6 is 0 Å². The zero-order valence-corrected chi connectivity index (χ0v) is 17.7. The third-order valence-corrected chi connectivity index (χ3v) is 5.67. The minimum absolute atomic E-state index is 0.396. The number of amides is 2. The average molecular weight is 445 g/mol. The fourth-order valence-corrected chi connectivity index (χ4v) is 4.00. The van der Waals surface area contributed by atoms with Gasteiger partial charge in [0.25, 0.3) is 5.91 Å². The lowest BCUT2D eigenvalue weighted by Gasteiger charge is -2.32. The van der Waals surface area contributed by atoms with Gasteiger partial charge in [-0.1, -0.05) is 12.1 Å². The number of fused-ring (bicyclic) bond motifs is 2. The van der Waals surface area contributed by atoms with Crippen molar-refractivity contribution >= 4 is 34.1 Å². The standard InChI is InChI=1S/C22H22F3N5O2/c1-21(2)15-5-4-6-16(28-14-7-8-17-13(9-14)10-27-29(17)3)19(15)20(32)30(21)11-18(31)26-12-22(23,24)25/h4-10,28H,11-12H2,1-3H3,(H,26,31). The molecule has 4 rings (SSSR count). The highest BCUT2D eigenvalue weighted by molar-refractivity contribution is 6.06. The van der Waals surface area contributed by atoms with E-state index in [0.717, 1.165) is 16.6 Å². The second-order valence-corrected chi connectivity index (χ2v) is 8.24. The molecule has 168 valence electrons. The molecule has 0 fully saturated rings. The molecular formula is C22H22F3N5O2. The summed E-state index contributed by atoms with van der Waals surface area (Å²) in [5.41, 5.74) is 2.49. The molecule has 2 aromatic carbocycles. The second kappa shape index (κ2) is 7.54. The lowest BCUT2D eigenvalue weighted by atomic mass is 9.93. The molecule has 0 saturated carbocycles. The highest BCUT2D eigenvalue weighted by atomic mass is 19.4. The Labute approximate surface area is 182 Å². The van der Waals surface area contributed by atoms with Crippen LogP contribution in [0.3, 0.4) is 0 Å². The van der Waals surface area contributed by atoms with Crippen molar-refractivity contribution in [3.63, 3.8) is 0 Å². The van der Waals surface area contributed by atoms with E-state index in [0.29, 0.717) is 16.8 Å². The summed E-state index contributed by atoms with van der Waals surface area (Å²) in [6, 6.07) is 11.0. The molecule has 32 heavy (non-hydrogen) atoms. The van der Waals surface area contributed by atoms with E-state index in [1.807, 2.05) is 30.6 Å². The van der Waals surface area contributed by atoms with Gasteiger partial charge in [-0.15, -0.1) is 0 Å². The molecule has 1 aliphatic rings. The molecule has 1 aliphatic heterocycles. The molecule has 7 nitrogen and oxygen atoms in total. The van der Waals surface area contributed by atoms with Crippen molar-refractivity contribution in [3.05, 3.63) is 53.7 Å². The maximum atomic E-state index is 13.2. The van der Waals surface area contributed by atoms with Crippen LogP contribution in [0, 0.1) is 0 Å². The number of rotatable bonds is 5. The summed E-state index contributed by atoms with van der Waals surface area (Å²) in [7, 11) is 1.85. The number of carbonyl (C=O) groups is 2. The third kappa shape index (κ3) is 3.88. The van der Waals surface area contributed by atoms with Gasteiger partial charge in [-0.2, -0.15) is 18.3 Å². The fraction of sp³-hybridized carbons (Fsp3) is 0.318. The van der Waals surface area contributed by atoms with E-state index in [1.165, 1.54) is 4.90 Å². The minimum Gasteiger partial charge on any atom is -0.355 e. The number of hydrogen-bond donors (Lipinski definition) is 2. The summed E-state index contributed by atoms with van der Waals surface area (Å²) >= 11 is 0. The Balaban J connectivity index is 1.60. The number of nitrogens with one attached hydrogen (secondary N) is 2. The van der Waals surface area contributed by atoms with Crippen molar-refractivity contribution in [2.75, 3.05) is 18.4 Å². The lowest BCUT2D eigenvalue weighted by Crippen LogP contribution is -2.47. The van der Waals surface area contributed by atoms with Crippen molar-refractivity contribution in [1.82, 2.24) is 20.0 Å². The van der Waals surface area contributed by atoms with Gasteiger partial charge in [-0.05, 0) is 43.7 Å². The molecule has 0 spiro atoms. The van der Waals surface area contributed by atoms with Crippen LogP contribution in [0.15, 0.2) is 42.6 Å². The molecule has 0 atom stereocenters. The minimum atomic E-state index is -4.52. The van der Waals surface area contributed by atoms with E-state index in [4.69, 9.17) is 0 Å². The molecule has 0 aliphatic carbocycles. The summed E-state index contributed by atoms with van der Waals surface area (Å²) in [6.07, 6.45) is -2.78. The Hall–Kier alpha value is -3.56. The Morgan fingerprint density at radius 3 is 2.66 bits per heavy atom. The molecule has 2 heterocycles. The molecule has 0 saturated heterocycles. The summed E-state index contributed by atoms with van der Waals surface area (Å²) in [4.78, 5) is 26.6. The molecule has 0 radical (unpaired) electrons. The van der Waals surface area contributed by atoms with E-state index in [9.17, 15) is 22.8 Å². The topological polar surface area (TPSA) is 79.3 Å². The van der Waals surface area contributed by atoms with Gasteiger partial charge in [-0.25, -0.2) is 0 Å². The molecule has 1 aromatic heterocycles. The monoisotopic (exact) mass is 445 g/mol. The van der Waals surface area contributed by atoms with Crippen molar-refractivity contribution in [2.45, 2.75) is 25.6 Å². The van der Waals surface area contributed by atoms with Crippen LogP contribution in [0.1, 0.15) is 29.8 Å². The van der Waals surface area contributed by atoms with Gasteiger partial charge in [-0.3, -0.25) is 14.3 Å². The van der Waals surface area contributed by atoms with Crippen molar-refractivity contribution in [3.8, 4) is 0 Å². The summed E-state index contributed by atoms with van der Waals surface area (Å²) in [5, 5.41) is 10.2. The van der Waals surface area contributed by atoms with E-state index in [2.05, 4.69) is 10.4 Å². The molecule has 3 aromatic rings. The first-order valence-electron chi connectivity index (χ1n) is 9.95. The van der Waals surface area contributed by atoms with Gasteiger partial charge in [0.2, 0.25) is 5.91 Å². The maximum absolute atomic E-state index is 13.2. The van der Waals surface area contributed by atoms with E-state index in [-0.39, 0.29) is 0 Å². The average Bonchev–Trinajstić information content (AvgIpc) is 3.17. The molecule has 10 heteroatoms. The van der Waals surface area contributed by atoms with Gasteiger partial charge in [0, 0.05) is 18.1 Å². The molecule has 0 bridgehead atoms. The van der Waals surface area contributed by atoms with E-state index < -0.39 is 36.6 Å². The summed E-state index contributed by atoms with van der Waals surface area (Å²) in [5.74, 6) is -1.29. The zero-order valence-electron chi connectivity index (χ0n) is 17.7. The van der Waals surface area contributed by atoms with Gasteiger partial charge < -0.3 is 15.5 Å². The fourth-order valence-electron chi connectivity index (χ4n) is 4.00. The SMILES string of the molecule is Cn1ncc2cc(Nc3cccc4c3C(=O)N(CC(=O)NCC(F)(F)F)C4(C)C)ccc21. The van der Waals surface area contributed by atoms with Crippen LogP contribution in [0.25, 0.3) is 10.9 Å². The number of aryl methyl sites for hydroxylation is 1. The Morgan fingerprint density at radius 1 is 1.19 bits per heavy atom. The molecule has 2 amide bonds. The van der Waals surface area contributed by atoms with Crippen LogP contribution in [0.4, 0.5) is 24.5 Å². The number of anilines is 2. The molecule has 2 N–H and O–H groups in total. The molecular weight excluding hydrogens is 423 g/mol. The van der Waals surface area contributed by atoms with Crippen molar-refractivity contribution in [2.24, 2.45) is 7.05 Å². The zero-order chi connectivity index (χ0) is 23.3. The normalized spacial score (nSPS) is 15.2. The number of carbonyl (C=O) groups excluding carboxylic acids is 2. The van der Waals surface area contributed by atoms with Crippen LogP contribution < -0.4 is 10.6 Å². The lowest BCUT2D eigenvalue weighted by molar-refractivity contribution is -0.139. The first-order valence-corrected chi connectivity index (χ1v) is 9.95. The predicted molar refractivity (Wildman–Crippen MR) is 114 cm³/mol. The Kier molecular flexibility index (Phi) is 5.10. The van der Waals surface area contributed by atoms with Crippen LogP contribution in [-0.4, -0.2) is 45.8 Å². The van der Waals surface area contributed by atoms with E-state index in [1.54, 1.807) is 42.9 Å². The number of benzene rings is 2. The highest BCUT2D eigenvalue weighted by Crippen LogP contribution is 2.42. The van der Waals surface area contributed by atoms with Crippen LogP contribution in [0.5, 0.6) is 0 Å². The quantitative estimate of drug-likeness (QED) is 0.628. The van der Waals surface area contributed by atoms with Crippen molar-refractivity contribution < 1.29 is 22.8 Å². The predicted octanol–water partition coefficient (Wildman–Crippen LogP) is 3.69. The van der Waals surface area contributed by atoms with Crippen LogP contribution in [-0.2, 0) is 17.4 Å². The first kappa shape index (κ1) is 21.7. The largest absolute Gasteiger partial charge is 0.405 e. The number of halogens is 3. The summed E-state index contributed by atoms with van der Waals surface area (Å²) < 4.78 is 39.0. The summed E-state index contributed by atoms with van der Waals surface area (Å²) in [6.45, 7) is 1.61. The number of nitrogens with zero attached hydrogens (tertiary/aromatic N) is 3. The van der Waals surface area contributed by atoms with Gasteiger partial charge in [0.15, 0.2) is 0 Å².